The molecule has 0 aromatic carbocycles. The van der Waals surface area contributed by atoms with Crippen LogP contribution in [0.4, 0.5) is 5.82 Å². The monoisotopic (exact) mass is 378 g/mol. The molecular formula is C20H31ClN4O. The second-order valence-corrected chi connectivity index (χ2v) is 8.24. The predicted molar refractivity (Wildman–Crippen MR) is 107 cm³/mol. The first-order valence-electron chi connectivity index (χ1n) is 9.90. The molecule has 0 atom stereocenters. The summed E-state index contributed by atoms with van der Waals surface area (Å²) in [7, 11) is 4.27. The summed E-state index contributed by atoms with van der Waals surface area (Å²) in [6, 6.07) is 3.82. The predicted octanol–water partition coefficient (Wildman–Crippen LogP) is 3.53. The van der Waals surface area contributed by atoms with Crippen molar-refractivity contribution in [3.8, 4) is 0 Å². The highest BCUT2D eigenvalue weighted by molar-refractivity contribution is 6.32. The number of aromatic nitrogens is 1. The van der Waals surface area contributed by atoms with E-state index in [-0.39, 0.29) is 5.91 Å². The lowest BCUT2D eigenvalue weighted by atomic mass is 9.92. The SMILES string of the molecule is CN(C)CCCC1CCN(c2ccc(C(=O)N3CCCC3)c(Cl)n2)CC1. The average molecular weight is 379 g/mol. The largest absolute Gasteiger partial charge is 0.357 e. The molecule has 144 valence electrons. The second kappa shape index (κ2) is 9.05. The maximum absolute atomic E-state index is 12.5. The van der Waals surface area contributed by atoms with Crippen molar-refractivity contribution in [3.05, 3.63) is 22.8 Å². The van der Waals surface area contributed by atoms with Crippen molar-refractivity contribution in [1.82, 2.24) is 14.8 Å². The Kier molecular flexibility index (Phi) is 6.76. The Morgan fingerprint density at radius 2 is 1.88 bits per heavy atom. The number of carbonyl (C=O) groups is 1. The highest BCUT2D eigenvalue weighted by atomic mass is 35.5. The molecule has 2 aliphatic rings. The number of hydrogen-bond acceptors (Lipinski definition) is 4. The molecule has 5 nitrogen and oxygen atoms in total. The Labute approximate surface area is 162 Å². The molecule has 0 bridgehead atoms. The van der Waals surface area contributed by atoms with Crippen LogP contribution in [0.3, 0.4) is 0 Å². The van der Waals surface area contributed by atoms with Crippen molar-refractivity contribution >= 4 is 23.3 Å². The van der Waals surface area contributed by atoms with E-state index in [2.05, 4.69) is 28.9 Å². The lowest BCUT2D eigenvalue weighted by Gasteiger charge is -2.33. The van der Waals surface area contributed by atoms with Crippen LogP contribution in [0.1, 0.15) is 48.9 Å². The number of hydrogen-bond donors (Lipinski definition) is 0. The van der Waals surface area contributed by atoms with Crippen LogP contribution in [0.15, 0.2) is 12.1 Å². The second-order valence-electron chi connectivity index (χ2n) is 7.88. The summed E-state index contributed by atoms with van der Waals surface area (Å²) in [5, 5.41) is 0.340. The molecule has 0 spiro atoms. The van der Waals surface area contributed by atoms with Crippen LogP contribution in [0, 0.1) is 5.92 Å². The van der Waals surface area contributed by atoms with Gasteiger partial charge in [-0.05, 0) is 77.2 Å². The number of anilines is 1. The number of nitrogens with zero attached hydrogens (tertiary/aromatic N) is 4. The molecule has 2 aliphatic heterocycles. The highest BCUT2D eigenvalue weighted by Gasteiger charge is 2.24. The van der Waals surface area contributed by atoms with Gasteiger partial charge in [0.05, 0.1) is 5.56 Å². The number of halogens is 1. The van der Waals surface area contributed by atoms with Crippen molar-refractivity contribution in [2.24, 2.45) is 5.92 Å². The van der Waals surface area contributed by atoms with Gasteiger partial charge in [-0.1, -0.05) is 11.6 Å². The zero-order valence-corrected chi connectivity index (χ0v) is 16.8. The molecule has 0 saturated carbocycles. The number of pyridine rings is 1. The quantitative estimate of drug-likeness (QED) is 0.710. The van der Waals surface area contributed by atoms with Gasteiger partial charge < -0.3 is 14.7 Å². The zero-order chi connectivity index (χ0) is 18.5. The number of amides is 1. The fraction of sp³-hybridized carbons (Fsp3) is 0.700. The minimum atomic E-state index is 0.0196. The van der Waals surface area contributed by atoms with Gasteiger partial charge in [-0.2, -0.15) is 0 Å². The zero-order valence-electron chi connectivity index (χ0n) is 16.1. The molecule has 3 rings (SSSR count). The van der Waals surface area contributed by atoms with Gasteiger partial charge in [-0.25, -0.2) is 4.98 Å². The van der Waals surface area contributed by atoms with Gasteiger partial charge in [0.1, 0.15) is 11.0 Å². The summed E-state index contributed by atoms with van der Waals surface area (Å²) in [5.74, 6) is 1.74. The van der Waals surface area contributed by atoms with Crippen LogP contribution < -0.4 is 4.90 Å². The molecule has 2 saturated heterocycles. The minimum Gasteiger partial charge on any atom is -0.357 e. The lowest BCUT2D eigenvalue weighted by molar-refractivity contribution is 0.0792. The third kappa shape index (κ3) is 4.89. The number of rotatable bonds is 6. The Balaban J connectivity index is 1.54. The van der Waals surface area contributed by atoms with Crippen molar-refractivity contribution in [1.29, 1.82) is 0 Å². The van der Waals surface area contributed by atoms with Crippen molar-refractivity contribution in [2.45, 2.75) is 38.5 Å². The number of piperidine rings is 1. The molecule has 2 fully saturated rings. The highest BCUT2D eigenvalue weighted by Crippen LogP contribution is 2.27. The average Bonchev–Trinajstić information content (AvgIpc) is 3.16. The van der Waals surface area contributed by atoms with Gasteiger partial charge in [0.15, 0.2) is 0 Å². The normalized spacial score (nSPS) is 18.8. The first-order valence-corrected chi connectivity index (χ1v) is 10.3. The topological polar surface area (TPSA) is 39.7 Å². The molecule has 1 aromatic heterocycles. The smallest absolute Gasteiger partial charge is 0.256 e. The number of carbonyl (C=O) groups excluding carboxylic acids is 1. The van der Waals surface area contributed by atoms with Crippen LogP contribution in [0.5, 0.6) is 0 Å². The van der Waals surface area contributed by atoms with E-state index >= 15 is 0 Å². The van der Waals surface area contributed by atoms with Crippen molar-refractivity contribution in [3.63, 3.8) is 0 Å². The van der Waals surface area contributed by atoms with Crippen molar-refractivity contribution < 1.29 is 4.79 Å². The van der Waals surface area contributed by atoms with Gasteiger partial charge in [-0.15, -0.1) is 0 Å². The molecule has 0 aliphatic carbocycles. The molecule has 1 amide bonds. The standard InChI is InChI=1S/C20H31ClN4O/c1-23(2)11-5-6-16-9-14-24(15-10-16)18-8-7-17(19(21)22-18)20(26)25-12-3-4-13-25/h7-8,16H,3-6,9-15H2,1-2H3. The van der Waals surface area contributed by atoms with Crippen LogP contribution in [0.2, 0.25) is 5.15 Å². The minimum absolute atomic E-state index is 0.0196. The Morgan fingerprint density at radius 1 is 1.19 bits per heavy atom. The van der Waals surface area contributed by atoms with E-state index in [1.807, 2.05) is 17.0 Å². The fourth-order valence-electron chi connectivity index (χ4n) is 4.00. The molecule has 0 N–H and O–H groups in total. The first kappa shape index (κ1) is 19.4. The molecular weight excluding hydrogens is 348 g/mol. The summed E-state index contributed by atoms with van der Waals surface area (Å²) < 4.78 is 0. The maximum Gasteiger partial charge on any atom is 0.256 e. The third-order valence-corrected chi connectivity index (χ3v) is 5.90. The van der Waals surface area contributed by atoms with Gasteiger partial charge in [0.2, 0.25) is 0 Å². The van der Waals surface area contributed by atoms with E-state index in [0.717, 1.165) is 50.8 Å². The molecule has 0 radical (unpaired) electrons. The van der Waals surface area contributed by atoms with E-state index in [1.165, 1.54) is 32.2 Å². The van der Waals surface area contributed by atoms with Gasteiger partial charge in [-0.3, -0.25) is 4.79 Å². The molecule has 26 heavy (non-hydrogen) atoms. The van der Waals surface area contributed by atoms with Gasteiger partial charge in [0.25, 0.3) is 5.91 Å². The van der Waals surface area contributed by atoms with Gasteiger partial charge >= 0.3 is 0 Å². The fourth-order valence-corrected chi connectivity index (χ4v) is 4.23. The summed E-state index contributed by atoms with van der Waals surface area (Å²) in [4.78, 5) is 23.5. The van der Waals surface area contributed by atoms with Crippen molar-refractivity contribution in [2.75, 3.05) is 51.7 Å². The Morgan fingerprint density at radius 3 is 2.50 bits per heavy atom. The molecule has 0 unspecified atom stereocenters. The molecule has 3 heterocycles. The van der Waals surface area contributed by atoms with E-state index in [4.69, 9.17) is 11.6 Å². The lowest BCUT2D eigenvalue weighted by Crippen LogP contribution is -2.34. The van der Waals surface area contributed by atoms with Crippen LogP contribution in [0.25, 0.3) is 0 Å². The third-order valence-electron chi connectivity index (χ3n) is 5.61. The van der Waals surface area contributed by atoms with E-state index in [1.54, 1.807) is 0 Å². The van der Waals surface area contributed by atoms with E-state index in [9.17, 15) is 4.79 Å². The number of likely N-dealkylation sites (tertiary alicyclic amines) is 1. The Hall–Kier alpha value is -1.33. The van der Waals surface area contributed by atoms with Crippen LogP contribution >= 0.6 is 11.6 Å². The summed E-state index contributed by atoms with van der Waals surface area (Å²) >= 11 is 6.36. The van der Waals surface area contributed by atoms with Crippen LogP contribution in [-0.2, 0) is 0 Å². The summed E-state index contributed by atoms with van der Waals surface area (Å²) in [6.07, 6.45) is 7.16. The van der Waals surface area contributed by atoms with E-state index < -0.39 is 0 Å². The molecule has 1 aromatic rings. The summed E-state index contributed by atoms with van der Waals surface area (Å²) in [5.41, 5.74) is 0.538. The Bertz CT molecular complexity index is 608. The first-order chi connectivity index (χ1) is 12.5. The van der Waals surface area contributed by atoms with Crippen LogP contribution in [-0.4, -0.2) is 67.5 Å². The maximum atomic E-state index is 12.5. The summed E-state index contributed by atoms with van der Waals surface area (Å²) in [6.45, 7) is 4.88. The molecule has 6 heteroatoms. The van der Waals surface area contributed by atoms with E-state index in [0.29, 0.717) is 10.7 Å². The van der Waals surface area contributed by atoms with Gasteiger partial charge in [0, 0.05) is 26.2 Å².